The first-order chi connectivity index (χ1) is 9.06. The maximum Gasteiger partial charge on any atom is 0.273 e. The van der Waals surface area contributed by atoms with Crippen LogP contribution in [0.15, 0.2) is 36.9 Å². The van der Waals surface area contributed by atoms with Crippen LogP contribution in [0.3, 0.4) is 0 Å². The zero-order chi connectivity index (χ0) is 14.3. The largest absolute Gasteiger partial charge is 0.351 e. The maximum atomic E-state index is 11.6. The van der Waals surface area contributed by atoms with E-state index in [0.717, 1.165) is 0 Å². The third-order valence-electron chi connectivity index (χ3n) is 2.60. The molecular weight excluding hydrogens is 246 g/mol. The first-order valence-electron chi connectivity index (χ1n) is 5.90. The fourth-order valence-electron chi connectivity index (χ4n) is 1.52. The Kier molecular flexibility index (Phi) is 5.69. The number of hydrogen-bond donors (Lipinski definition) is 2. The Hall–Kier alpha value is -2.21. The molecule has 0 fully saturated rings. The molecule has 0 aliphatic rings. The number of nitro benzene ring substituents is 1. The number of hydrogen-bond acceptors (Lipinski definition) is 4. The van der Waals surface area contributed by atoms with Crippen LogP contribution >= 0.6 is 0 Å². The minimum Gasteiger partial charge on any atom is -0.351 e. The Bertz CT molecular complexity index is 474. The standard InChI is InChI=1S/C13H17N3O3/c1-3-8-14-13(17)10(2)15-9-11-6-4-5-7-12(11)16(18)19/h3-7,10,15H,1,8-9H2,2H3,(H,14,17). The van der Waals surface area contributed by atoms with Gasteiger partial charge in [-0.15, -0.1) is 6.58 Å². The van der Waals surface area contributed by atoms with Crippen LogP contribution in [-0.2, 0) is 11.3 Å². The van der Waals surface area contributed by atoms with Crippen molar-refractivity contribution in [2.45, 2.75) is 19.5 Å². The summed E-state index contributed by atoms with van der Waals surface area (Å²) in [6.07, 6.45) is 1.59. The van der Waals surface area contributed by atoms with E-state index in [1.807, 2.05) is 0 Å². The molecule has 0 saturated heterocycles. The van der Waals surface area contributed by atoms with Crippen molar-refractivity contribution < 1.29 is 9.72 Å². The van der Waals surface area contributed by atoms with Crippen molar-refractivity contribution in [2.24, 2.45) is 0 Å². The van der Waals surface area contributed by atoms with E-state index in [-0.39, 0.29) is 18.1 Å². The molecule has 0 radical (unpaired) electrons. The normalized spacial score (nSPS) is 11.6. The van der Waals surface area contributed by atoms with Crippen LogP contribution in [0.4, 0.5) is 5.69 Å². The Morgan fingerprint density at radius 3 is 2.84 bits per heavy atom. The molecule has 6 heteroatoms. The predicted molar refractivity (Wildman–Crippen MR) is 72.6 cm³/mol. The second kappa shape index (κ2) is 7.27. The maximum absolute atomic E-state index is 11.6. The highest BCUT2D eigenvalue weighted by molar-refractivity contribution is 5.81. The molecule has 0 spiro atoms. The lowest BCUT2D eigenvalue weighted by Crippen LogP contribution is -2.41. The Labute approximate surface area is 111 Å². The van der Waals surface area contributed by atoms with Crippen molar-refractivity contribution >= 4 is 11.6 Å². The summed E-state index contributed by atoms with van der Waals surface area (Å²) in [5.41, 5.74) is 0.601. The number of carbonyl (C=O) groups is 1. The van der Waals surface area contributed by atoms with Crippen molar-refractivity contribution in [3.05, 3.63) is 52.6 Å². The third-order valence-corrected chi connectivity index (χ3v) is 2.60. The van der Waals surface area contributed by atoms with Gasteiger partial charge in [0, 0.05) is 24.7 Å². The van der Waals surface area contributed by atoms with Crippen molar-refractivity contribution in [2.75, 3.05) is 6.54 Å². The SMILES string of the molecule is C=CCNC(=O)C(C)NCc1ccccc1[N+](=O)[O-]. The molecule has 1 atom stereocenters. The van der Waals surface area contributed by atoms with Crippen LogP contribution in [0.5, 0.6) is 0 Å². The van der Waals surface area contributed by atoms with E-state index in [1.54, 1.807) is 31.2 Å². The van der Waals surface area contributed by atoms with E-state index in [2.05, 4.69) is 17.2 Å². The summed E-state index contributed by atoms with van der Waals surface area (Å²) in [4.78, 5) is 22.0. The smallest absolute Gasteiger partial charge is 0.273 e. The summed E-state index contributed by atoms with van der Waals surface area (Å²) < 4.78 is 0. The molecule has 0 aromatic heterocycles. The molecule has 0 saturated carbocycles. The summed E-state index contributed by atoms with van der Waals surface area (Å²) in [5.74, 6) is -0.168. The molecule has 102 valence electrons. The lowest BCUT2D eigenvalue weighted by atomic mass is 10.1. The van der Waals surface area contributed by atoms with Gasteiger partial charge in [-0.3, -0.25) is 14.9 Å². The van der Waals surface area contributed by atoms with Gasteiger partial charge < -0.3 is 10.6 Å². The minimum absolute atomic E-state index is 0.0497. The van der Waals surface area contributed by atoms with Gasteiger partial charge in [-0.25, -0.2) is 0 Å². The van der Waals surface area contributed by atoms with Gasteiger partial charge in [-0.05, 0) is 6.92 Å². The molecule has 1 unspecified atom stereocenters. The summed E-state index contributed by atoms with van der Waals surface area (Å²) in [7, 11) is 0. The fourth-order valence-corrected chi connectivity index (χ4v) is 1.52. The number of nitro groups is 1. The molecule has 0 bridgehead atoms. The van der Waals surface area contributed by atoms with E-state index in [9.17, 15) is 14.9 Å². The monoisotopic (exact) mass is 263 g/mol. The topological polar surface area (TPSA) is 84.3 Å². The van der Waals surface area contributed by atoms with Gasteiger partial charge in [-0.1, -0.05) is 24.3 Å². The number of benzene rings is 1. The van der Waals surface area contributed by atoms with Crippen LogP contribution in [0, 0.1) is 10.1 Å². The average molecular weight is 263 g/mol. The van der Waals surface area contributed by atoms with Gasteiger partial charge in [0.25, 0.3) is 5.69 Å². The molecule has 0 aliphatic heterocycles. The summed E-state index contributed by atoms with van der Waals surface area (Å²) >= 11 is 0. The van der Waals surface area contributed by atoms with Gasteiger partial charge in [-0.2, -0.15) is 0 Å². The van der Waals surface area contributed by atoms with Crippen LogP contribution in [0.2, 0.25) is 0 Å². The highest BCUT2D eigenvalue weighted by Gasteiger charge is 2.15. The fraction of sp³-hybridized carbons (Fsp3) is 0.308. The molecule has 1 rings (SSSR count). The Morgan fingerprint density at radius 2 is 2.21 bits per heavy atom. The van der Waals surface area contributed by atoms with Crippen molar-refractivity contribution in [1.29, 1.82) is 0 Å². The van der Waals surface area contributed by atoms with Crippen LogP contribution in [0.1, 0.15) is 12.5 Å². The lowest BCUT2D eigenvalue weighted by Gasteiger charge is -2.13. The lowest BCUT2D eigenvalue weighted by molar-refractivity contribution is -0.385. The van der Waals surface area contributed by atoms with Gasteiger partial charge in [0.15, 0.2) is 0 Å². The molecule has 1 amide bonds. The number of amides is 1. The molecule has 0 aliphatic carbocycles. The molecule has 19 heavy (non-hydrogen) atoms. The van der Waals surface area contributed by atoms with Crippen molar-refractivity contribution in [3.8, 4) is 0 Å². The number of nitrogens with zero attached hydrogens (tertiary/aromatic N) is 1. The van der Waals surface area contributed by atoms with Gasteiger partial charge in [0.05, 0.1) is 11.0 Å². The van der Waals surface area contributed by atoms with E-state index in [0.29, 0.717) is 12.1 Å². The highest BCUT2D eigenvalue weighted by Crippen LogP contribution is 2.17. The van der Waals surface area contributed by atoms with Crippen LogP contribution in [0.25, 0.3) is 0 Å². The quantitative estimate of drug-likeness (QED) is 0.442. The first-order valence-corrected chi connectivity index (χ1v) is 5.90. The molecule has 6 nitrogen and oxygen atoms in total. The number of para-hydroxylation sites is 1. The van der Waals surface area contributed by atoms with Gasteiger partial charge >= 0.3 is 0 Å². The van der Waals surface area contributed by atoms with Crippen molar-refractivity contribution in [3.63, 3.8) is 0 Å². The van der Waals surface area contributed by atoms with Crippen LogP contribution < -0.4 is 10.6 Å². The highest BCUT2D eigenvalue weighted by atomic mass is 16.6. The second-order valence-corrected chi connectivity index (χ2v) is 4.02. The molecule has 1 aromatic carbocycles. The first kappa shape index (κ1) is 14.8. The van der Waals surface area contributed by atoms with E-state index >= 15 is 0 Å². The summed E-state index contributed by atoms with van der Waals surface area (Å²) in [6.45, 7) is 5.87. The minimum atomic E-state index is -0.431. The number of carbonyl (C=O) groups excluding carboxylic acids is 1. The van der Waals surface area contributed by atoms with Gasteiger partial charge in [0.1, 0.15) is 0 Å². The predicted octanol–water partition coefficient (Wildman–Crippen LogP) is 1.38. The average Bonchev–Trinajstić information content (AvgIpc) is 2.42. The van der Waals surface area contributed by atoms with Gasteiger partial charge in [0.2, 0.25) is 5.91 Å². The van der Waals surface area contributed by atoms with E-state index < -0.39 is 11.0 Å². The zero-order valence-electron chi connectivity index (χ0n) is 10.8. The summed E-state index contributed by atoms with van der Waals surface area (Å²) in [6, 6.07) is 6.02. The number of rotatable bonds is 7. The second-order valence-electron chi connectivity index (χ2n) is 4.02. The van der Waals surface area contributed by atoms with E-state index in [4.69, 9.17) is 0 Å². The molecule has 1 aromatic rings. The zero-order valence-corrected chi connectivity index (χ0v) is 10.8. The molecular formula is C13H17N3O3. The van der Waals surface area contributed by atoms with Crippen molar-refractivity contribution in [1.82, 2.24) is 10.6 Å². The Balaban J connectivity index is 2.59. The van der Waals surface area contributed by atoms with E-state index in [1.165, 1.54) is 6.07 Å². The summed E-state index contributed by atoms with van der Waals surface area (Å²) in [5, 5.41) is 16.4. The third kappa shape index (κ3) is 4.51. The number of nitrogens with one attached hydrogen (secondary N) is 2. The van der Waals surface area contributed by atoms with Crippen LogP contribution in [-0.4, -0.2) is 23.4 Å². The Morgan fingerprint density at radius 1 is 1.53 bits per heavy atom. The molecule has 2 N–H and O–H groups in total. The molecule has 0 heterocycles.